The monoisotopic (exact) mass is 118 g/mol. The smallest absolute Gasteiger partial charge is 1.00 e. The first-order valence-corrected chi connectivity index (χ1v) is 0.400. The average Bonchev–Trinajstić information content (AvgIpc) is 0.918. The molecule has 0 heterocycles. The third-order valence-electron chi connectivity index (χ3n) is 0. The van der Waals surface area contributed by atoms with Crippen LogP contribution >= 0.6 is 0 Å². The van der Waals surface area contributed by atoms with Gasteiger partial charge in [-0.2, -0.15) is 0 Å². The summed E-state index contributed by atoms with van der Waals surface area (Å²) < 4.78 is 0. The Hall–Kier alpha value is 0.560. The predicted octanol–water partition coefficient (Wildman–Crippen LogP) is -4.75. The summed E-state index contributed by atoms with van der Waals surface area (Å²) in [5.41, 5.74) is 13.5. The predicted molar refractivity (Wildman–Crippen MR) is 16.1 cm³/mol. The molecule has 0 atom stereocenters. The van der Waals surface area contributed by atoms with Crippen LogP contribution in [0.1, 0.15) is 0 Å². The van der Waals surface area contributed by atoms with E-state index in [4.69, 9.17) is 11.1 Å². The van der Waals surface area contributed by atoms with Crippen molar-refractivity contribution in [1.82, 2.24) is 6.15 Å². The molecule has 0 aromatic rings. The molecule has 0 unspecified atom stereocenters. The SMILES string of the molecule is [Cl-].[N-]=[N+]=[N-].[NH4+].[Na+]. The zero-order chi connectivity index (χ0) is 2.71. The third-order valence-corrected chi connectivity index (χ3v) is 0. The fraction of sp³-hybridized carbons (Fsp3) is 0. The second kappa shape index (κ2) is 47.5. The van der Waals surface area contributed by atoms with E-state index in [-0.39, 0.29) is 48.1 Å². The third kappa shape index (κ3) is 184. The van der Waals surface area contributed by atoms with Gasteiger partial charge in [0.2, 0.25) is 0 Å². The molecular weight excluding hydrogens is 114 g/mol. The summed E-state index contributed by atoms with van der Waals surface area (Å²) in [6, 6.07) is 0. The van der Waals surface area contributed by atoms with Crippen LogP contribution in [0.2, 0.25) is 0 Å². The number of halogens is 1. The molecule has 0 amide bonds. The molecular formula is H4ClN4Na. The second-order valence-electron chi connectivity index (χ2n) is 0.0894. The number of quaternary nitrogens is 1. The van der Waals surface area contributed by atoms with E-state index >= 15 is 0 Å². The fourth-order valence-electron chi connectivity index (χ4n) is 0. The van der Waals surface area contributed by atoms with Gasteiger partial charge in [-0.3, -0.25) is 4.91 Å². The van der Waals surface area contributed by atoms with Crippen LogP contribution in [0.4, 0.5) is 0 Å². The molecule has 6 heteroatoms. The van der Waals surface area contributed by atoms with Crippen molar-refractivity contribution in [2.45, 2.75) is 0 Å². The molecule has 0 aromatic heterocycles. The van der Waals surface area contributed by atoms with Crippen molar-refractivity contribution in [1.29, 1.82) is 0 Å². The van der Waals surface area contributed by atoms with Crippen LogP contribution < -0.4 is 48.1 Å². The Morgan fingerprint density at radius 1 is 1.17 bits per heavy atom. The van der Waals surface area contributed by atoms with Gasteiger partial charge in [-0.05, 0) is 0 Å². The van der Waals surface area contributed by atoms with E-state index in [1.165, 1.54) is 4.91 Å². The summed E-state index contributed by atoms with van der Waals surface area (Å²) in [4.78, 5) is 1.50. The largest absolute Gasteiger partial charge is 1.00 e. The first-order chi connectivity index (χ1) is 1.41. The fourth-order valence-corrected chi connectivity index (χ4v) is 0. The van der Waals surface area contributed by atoms with Gasteiger partial charge in [0.15, 0.2) is 0 Å². The van der Waals surface area contributed by atoms with Gasteiger partial charge in [-0.15, -0.1) is 0 Å². The Kier molecular flexibility index (Phi) is 245. The molecule has 0 saturated carbocycles. The van der Waals surface area contributed by atoms with E-state index in [2.05, 4.69) is 0 Å². The minimum Gasteiger partial charge on any atom is -1.00 e. The average molecular weight is 119 g/mol. The molecule has 4 N–H and O–H groups in total. The van der Waals surface area contributed by atoms with Gasteiger partial charge in [-0.25, -0.2) is 0 Å². The summed E-state index contributed by atoms with van der Waals surface area (Å²) in [7, 11) is 0. The summed E-state index contributed by atoms with van der Waals surface area (Å²) in [6.07, 6.45) is 0. The van der Waals surface area contributed by atoms with E-state index in [0.717, 1.165) is 0 Å². The summed E-state index contributed by atoms with van der Waals surface area (Å²) in [5.74, 6) is 0. The van der Waals surface area contributed by atoms with Crippen LogP contribution in [-0.4, -0.2) is 0 Å². The molecule has 0 aliphatic heterocycles. The maximum atomic E-state index is 6.75. The molecule has 0 saturated heterocycles. The number of nitrogens with zero attached hydrogens (tertiary/aromatic N) is 3. The molecule has 0 radical (unpaired) electrons. The van der Waals surface area contributed by atoms with E-state index in [1.54, 1.807) is 0 Å². The molecule has 0 aromatic carbocycles. The van der Waals surface area contributed by atoms with Crippen molar-refractivity contribution >= 4 is 0 Å². The van der Waals surface area contributed by atoms with Gasteiger partial charge >= 0.3 is 29.6 Å². The Morgan fingerprint density at radius 3 is 1.17 bits per heavy atom. The Balaban J connectivity index is -0.00000000667. The van der Waals surface area contributed by atoms with Crippen molar-refractivity contribution in [3.63, 3.8) is 0 Å². The first-order valence-electron chi connectivity index (χ1n) is 0.400. The Morgan fingerprint density at radius 2 is 1.17 bits per heavy atom. The van der Waals surface area contributed by atoms with Crippen molar-refractivity contribution < 1.29 is 42.0 Å². The minimum atomic E-state index is 0. The van der Waals surface area contributed by atoms with Crippen LogP contribution in [0.5, 0.6) is 0 Å². The molecule has 0 spiro atoms. The van der Waals surface area contributed by atoms with E-state index < -0.39 is 0 Å². The second-order valence-corrected chi connectivity index (χ2v) is 0.0894. The van der Waals surface area contributed by atoms with Gasteiger partial charge in [0.05, 0.1) is 0 Å². The zero-order valence-electron chi connectivity index (χ0n) is 3.72. The van der Waals surface area contributed by atoms with Crippen molar-refractivity contribution in [3.8, 4) is 0 Å². The van der Waals surface area contributed by atoms with Crippen LogP contribution in [0, 0.1) is 0 Å². The summed E-state index contributed by atoms with van der Waals surface area (Å²) in [5, 5.41) is 0. The number of hydrogen-bond donors (Lipinski definition) is 1. The van der Waals surface area contributed by atoms with Crippen LogP contribution in [0.3, 0.4) is 0 Å². The van der Waals surface area contributed by atoms with Crippen molar-refractivity contribution in [2.24, 2.45) is 0 Å². The van der Waals surface area contributed by atoms with E-state index in [9.17, 15) is 0 Å². The molecule has 0 bridgehead atoms. The Labute approximate surface area is 64.0 Å². The summed E-state index contributed by atoms with van der Waals surface area (Å²) in [6.45, 7) is 0. The van der Waals surface area contributed by atoms with Gasteiger partial charge in [-0.1, -0.05) is 0 Å². The molecule has 32 valence electrons. The topological polar surface area (TPSA) is 95.2 Å². The van der Waals surface area contributed by atoms with Gasteiger partial charge in [0.25, 0.3) is 0 Å². The van der Waals surface area contributed by atoms with Gasteiger partial charge in [0.1, 0.15) is 0 Å². The van der Waals surface area contributed by atoms with Crippen LogP contribution in [0.15, 0.2) is 0 Å². The number of rotatable bonds is 0. The van der Waals surface area contributed by atoms with Crippen molar-refractivity contribution in [2.75, 3.05) is 0 Å². The molecule has 0 rings (SSSR count). The summed E-state index contributed by atoms with van der Waals surface area (Å²) >= 11 is 0. The molecule has 0 fully saturated rings. The Bertz CT molecular complexity index is 28.5. The minimum absolute atomic E-state index is 0. The molecule has 0 aliphatic carbocycles. The molecule has 0 aliphatic rings. The van der Waals surface area contributed by atoms with Crippen LogP contribution in [-0.2, 0) is 0 Å². The zero-order valence-corrected chi connectivity index (χ0v) is 6.48. The standard InChI is InChI=1S/ClH.N3.H3N.Na/c;1-3-2;;/h1H;;1H3;/q;-1;;+1. The maximum Gasteiger partial charge on any atom is 1.00 e. The van der Waals surface area contributed by atoms with Gasteiger partial charge in [0, 0.05) is 0 Å². The van der Waals surface area contributed by atoms with Crippen molar-refractivity contribution in [3.05, 3.63) is 16.0 Å². The first kappa shape index (κ1) is 30.9. The van der Waals surface area contributed by atoms with E-state index in [1.807, 2.05) is 0 Å². The van der Waals surface area contributed by atoms with Gasteiger partial charge < -0.3 is 29.6 Å². The van der Waals surface area contributed by atoms with E-state index in [0.29, 0.717) is 0 Å². The molecule has 4 nitrogen and oxygen atoms in total. The van der Waals surface area contributed by atoms with Crippen LogP contribution in [0.25, 0.3) is 16.0 Å². The number of hydrogen-bond acceptors (Lipinski definition) is 0. The molecule has 6 heavy (non-hydrogen) atoms. The quantitative estimate of drug-likeness (QED) is 0.143. The normalized spacial score (nSPS) is 1.33. The maximum absolute atomic E-state index is 6.75.